The highest BCUT2D eigenvalue weighted by molar-refractivity contribution is 5.72. The minimum atomic E-state index is -0.818. The van der Waals surface area contributed by atoms with Crippen LogP contribution < -0.4 is 5.32 Å². The summed E-state index contributed by atoms with van der Waals surface area (Å²) in [6.45, 7) is 0.803. The van der Waals surface area contributed by atoms with Crippen molar-refractivity contribution < 1.29 is 14.6 Å². The molecule has 3 aliphatic heterocycles. The van der Waals surface area contributed by atoms with Crippen molar-refractivity contribution in [2.24, 2.45) is 0 Å². The number of rotatable bonds is 4. The van der Waals surface area contributed by atoms with Crippen LogP contribution in [0.3, 0.4) is 0 Å². The summed E-state index contributed by atoms with van der Waals surface area (Å²) in [6, 6.07) is 2.04. The zero-order valence-electron chi connectivity index (χ0n) is 12.3. The Kier molecular flexibility index (Phi) is 4.29. The first-order valence-electron chi connectivity index (χ1n) is 7.97. The lowest BCUT2D eigenvalue weighted by molar-refractivity contribution is -0.149. The number of ether oxygens (including phenoxy) is 1. The Hall–Kier alpha value is -0.650. The molecule has 0 aromatic carbocycles. The Bertz CT molecular complexity index is 349. The molecule has 0 saturated carbocycles. The van der Waals surface area contributed by atoms with Crippen molar-refractivity contribution in [3.05, 3.63) is 0 Å². The summed E-state index contributed by atoms with van der Waals surface area (Å²) >= 11 is 0. The molecule has 0 aliphatic carbocycles. The Morgan fingerprint density at radius 2 is 1.95 bits per heavy atom. The number of carboxylic acid groups (broad SMARTS) is 1. The lowest BCUT2D eigenvalue weighted by atomic mass is 9.82. The second-order valence-electron chi connectivity index (χ2n) is 6.64. The first-order chi connectivity index (χ1) is 9.63. The number of carboxylic acids is 1. The molecule has 0 amide bonds. The predicted octanol–water partition coefficient (Wildman–Crippen LogP) is 1.22. The molecular formula is C15H26N2O3. The van der Waals surface area contributed by atoms with E-state index in [1.165, 1.54) is 32.1 Å². The molecule has 3 saturated heterocycles. The van der Waals surface area contributed by atoms with Crippen molar-refractivity contribution >= 4 is 5.97 Å². The fraction of sp³-hybridized carbons (Fsp3) is 0.933. The number of fused-ring (bicyclic) bond motifs is 2. The first kappa shape index (κ1) is 14.3. The largest absolute Gasteiger partial charge is 0.479 e. The van der Waals surface area contributed by atoms with Gasteiger partial charge in [0.25, 0.3) is 0 Å². The van der Waals surface area contributed by atoms with Crippen molar-refractivity contribution in [3.8, 4) is 0 Å². The van der Waals surface area contributed by atoms with Gasteiger partial charge in [-0.1, -0.05) is 6.42 Å². The molecule has 20 heavy (non-hydrogen) atoms. The lowest BCUT2D eigenvalue weighted by Gasteiger charge is -2.47. The highest BCUT2D eigenvalue weighted by Crippen LogP contribution is 2.32. The van der Waals surface area contributed by atoms with Gasteiger partial charge in [-0.25, -0.2) is 4.79 Å². The van der Waals surface area contributed by atoms with Crippen molar-refractivity contribution in [1.29, 1.82) is 0 Å². The van der Waals surface area contributed by atoms with Crippen molar-refractivity contribution in [3.63, 3.8) is 0 Å². The Balaban J connectivity index is 1.44. The first-order valence-corrected chi connectivity index (χ1v) is 7.97. The minimum absolute atomic E-state index is 0.0793. The van der Waals surface area contributed by atoms with E-state index in [9.17, 15) is 4.79 Å². The molecule has 0 radical (unpaired) electrons. The summed E-state index contributed by atoms with van der Waals surface area (Å²) in [5, 5.41) is 12.6. The molecule has 0 aromatic heterocycles. The molecule has 4 unspecified atom stereocenters. The second kappa shape index (κ2) is 6.00. The predicted molar refractivity (Wildman–Crippen MR) is 75.7 cm³/mol. The van der Waals surface area contributed by atoms with Gasteiger partial charge in [-0.15, -0.1) is 0 Å². The van der Waals surface area contributed by atoms with Crippen LogP contribution in [0, 0.1) is 0 Å². The van der Waals surface area contributed by atoms with Crippen LogP contribution in [-0.2, 0) is 9.53 Å². The Labute approximate surface area is 120 Å². The monoisotopic (exact) mass is 282 g/mol. The van der Waals surface area contributed by atoms with E-state index in [2.05, 4.69) is 17.3 Å². The van der Waals surface area contributed by atoms with E-state index in [-0.39, 0.29) is 6.10 Å². The molecule has 3 heterocycles. The van der Waals surface area contributed by atoms with Crippen LogP contribution in [-0.4, -0.2) is 59.9 Å². The summed E-state index contributed by atoms with van der Waals surface area (Å²) in [5.41, 5.74) is 0. The Morgan fingerprint density at radius 1 is 1.25 bits per heavy atom. The summed E-state index contributed by atoms with van der Waals surface area (Å²) in [7, 11) is 2.27. The van der Waals surface area contributed by atoms with E-state index in [0.717, 1.165) is 25.0 Å². The molecule has 3 rings (SSSR count). The summed E-state index contributed by atoms with van der Waals surface area (Å²) in [6.07, 6.45) is 7.49. The zero-order chi connectivity index (χ0) is 14.1. The number of nitrogens with zero attached hydrogens (tertiary/aromatic N) is 1. The smallest absolute Gasteiger partial charge is 0.332 e. The van der Waals surface area contributed by atoms with E-state index in [0.29, 0.717) is 12.5 Å². The maximum atomic E-state index is 10.9. The zero-order valence-corrected chi connectivity index (χ0v) is 12.3. The normalized spacial score (nSPS) is 41.8. The van der Waals surface area contributed by atoms with Crippen LogP contribution in [0.1, 0.15) is 44.9 Å². The maximum Gasteiger partial charge on any atom is 0.332 e. The van der Waals surface area contributed by atoms with Gasteiger partial charge in [0, 0.05) is 24.7 Å². The van der Waals surface area contributed by atoms with Gasteiger partial charge in [-0.3, -0.25) is 0 Å². The lowest BCUT2D eigenvalue weighted by Crippen LogP contribution is -2.55. The third kappa shape index (κ3) is 3.00. The third-order valence-electron chi connectivity index (χ3n) is 5.36. The van der Waals surface area contributed by atoms with Crippen molar-refractivity contribution in [2.45, 2.75) is 75.3 Å². The van der Waals surface area contributed by atoms with E-state index in [1.54, 1.807) is 0 Å². The third-order valence-corrected chi connectivity index (χ3v) is 5.36. The van der Waals surface area contributed by atoms with E-state index in [4.69, 9.17) is 9.84 Å². The average Bonchev–Trinajstić information content (AvgIpc) is 2.86. The molecule has 5 heteroatoms. The van der Waals surface area contributed by atoms with Gasteiger partial charge in [0.15, 0.2) is 6.10 Å². The van der Waals surface area contributed by atoms with E-state index >= 15 is 0 Å². The topological polar surface area (TPSA) is 61.8 Å². The number of nitrogens with one attached hydrogen (secondary N) is 1. The molecule has 5 nitrogen and oxygen atoms in total. The van der Waals surface area contributed by atoms with Gasteiger partial charge >= 0.3 is 5.97 Å². The van der Waals surface area contributed by atoms with Crippen LogP contribution in [0.25, 0.3) is 0 Å². The van der Waals surface area contributed by atoms with Crippen LogP contribution in [0.2, 0.25) is 0 Å². The fourth-order valence-electron chi connectivity index (χ4n) is 4.12. The molecule has 2 bridgehead atoms. The molecule has 2 N–H and O–H groups in total. The highest BCUT2D eigenvalue weighted by atomic mass is 16.5. The standard InChI is InChI=1S/C15H26N2O3/c1-17-11-3-2-4-12(17)8-10(7-11)16-9-13-5-6-14(20-13)15(18)19/h10-14,16H,2-9H2,1H3,(H,18,19). The fourth-order valence-corrected chi connectivity index (χ4v) is 4.12. The summed E-state index contributed by atoms with van der Waals surface area (Å²) in [4.78, 5) is 13.4. The molecule has 114 valence electrons. The van der Waals surface area contributed by atoms with E-state index in [1.807, 2.05) is 0 Å². The van der Waals surface area contributed by atoms with Gasteiger partial charge < -0.3 is 20.1 Å². The second-order valence-corrected chi connectivity index (χ2v) is 6.64. The molecule has 0 spiro atoms. The molecular weight excluding hydrogens is 256 g/mol. The number of carbonyl (C=O) groups is 1. The van der Waals surface area contributed by atoms with Crippen LogP contribution in [0.4, 0.5) is 0 Å². The van der Waals surface area contributed by atoms with Gasteiger partial charge in [0.2, 0.25) is 0 Å². The van der Waals surface area contributed by atoms with Crippen molar-refractivity contribution in [2.75, 3.05) is 13.6 Å². The number of hydrogen-bond acceptors (Lipinski definition) is 4. The average molecular weight is 282 g/mol. The van der Waals surface area contributed by atoms with Crippen molar-refractivity contribution in [1.82, 2.24) is 10.2 Å². The summed E-state index contributed by atoms with van der Waals surface area (Å²) < 4.78 is 5.56. The van der Waals surface area contributed by atoms with Gasteiger partial charge in [0.05, 0.1) is 6.10 Å². The number of piperidine rings is 2. The number of hydrogen-bond donors (Lipinski definition) is 2. The highest BCUT2D eigenvalue weighted by Gasteiger charge is 2.36. The SMILES string of the molecule is CN1C2CCCC1CC(NCC1CCC(C(=O)O)O1)C2. The van der Waals surface area contributed by atoms with Gasteiger partial charge in [-0.2, -0.15) is 0 Å². The van der Waals surface area contributed by atoms with Crippen LogP contribution in [0.15, 0.2) is 0 Å². The van der Waals surface area contributed by atoms with Gasteiger partial charge in [-0.05, 0) is 45.6 Å². The molecule has 4 atom stereocenters. The Morgan fingerprint density at radius 3 is 2.55 bits per heavy atom. The maximum absolute atomic E-state index is 10.9. The molecule has 3 aliphatic rings. The van der Waals surface area contributed by atoms with Crippen LogP contribution >= 0.6 is 0 Å². The minimum Gasteiger partial charge on any atom is -0.479 e. The van der Waals surface area contributed by atoms with Gasteiger partial charge in [0.1, 0.15) is 0 Å². The van der Waals surface area contributed by atoms with Crippen LogP contribution in [0.5, 0.6) is 0 Å². The summed E-state index contributed by atoms with van der Waals surface area (Å²) in [5.74, 6) is -0.818. The molecule has 0 aromatic rings. The number of aliphatic carboxylic acids is 1. The molecule has 3 fully saturated rings. The quantitative estimate of drug-likeness (QED) is 0.812. The van der Waals surface area contributed by atoms with E-state index < -0.39 is 12.1 Å².